The number of hydrogen-bond donors (Lipinski definition) is 2. The number of hydrogen-bond acceptors (Lipinski definition) is 7. The van der Waals surface area contributed by atoms with Crippen LogP contribution >= 0.6 is 11.3 Å². The van der Waals surface area contributed by atoms with Crippen LogP contribution in [0.1, 0.15) is 26.4 Å². The molecule has 7 nitrogen and oxygen atoms in total. The standard InChI is InChI=1S/C24H28N2O5S/c1-15-10-12-32-20(15)14-26-24(27)18-13-19(22(29-3)23(30-4)21(18)28-2)31-17-7-5-16(6-8-17)9-11-25/h5-8,10,12-13H,9,11,14,25H2,1-4H3,(H,26,27). The van der Waals surface area contributed by atoms with Crippen LogP contribution in [-0.4, -0.2) is 33.8 Å². The molecule has 8 heteroatoms. The quantitative estimate of drug-likeness (QED) is 0.472. The molecule has 1 amide bonds. The molecule has 0 spiro atoms. The van der Waals surface area contributed by atoms with Crippen LogP contribution in [0.2, 0.25) is 0 Å². The number of amides is 1. The van der Waals surface area contributed by atoms with E-state index in [4.69, 9.17) is 24.7 Å². The van der Waals surface area contributed by atoms with Crippen LogP contribution in [-0.2, 0) is 13.0 Å². The highest BCUT2D eigenvalue weighted by molar-refractivity contribution is 7.10. The SMILES string of the molecule is COc1c(Oc2ccc(CCN)cc2)cc(C(=O)NCc2sccc2C)c(OC)c1OC. The molecule has 0 aliphatic carbocycles. The van der Waals surface area contributed by atoms with Gasteiger partial charge in [-0.15, -0.1) is 11.3 Å². The van der Waals surface area contributed by atoms with Gasteiger partial charge >= 0.3 is 0 Å². The summed E-state index contributed by atoms with van der Waals surface area (Å²) < 4.78 is 22.6. The molecule has 0 atom stereocenters. The van der Waals surface area contributed by atoms with Gasteiger partial charge < -0.3 is 30.0 Å². The molecule has 3 N–H and O–H groups in total. The average Bonchev–Trinajstić information content (AvgIpc) is 3.22. The van der Waals surface area contributed by atoms with E-state index in [1.165, 1.54) is 21.3 Å². The van der Waals surface area contributed by atoms with Crippen molar-refractivity contribution < 1.29 is 23.7 Å². The van der Waals surface area contributed by atoms with Gasteiger partial charge in [0.05, 0.1) is 33.4 Å². The van der Waals surface area contributed by atoms with Gasteiger partial charge in [-0.05, 0) is 54.6 Å². The maximum absolute atomic E-state index is 13.1. The predicted octanol–water partition coefficient (Wildman–Crippen LogP) is 4.31. The first kappa shape index (κ1) is 23.4. The van der Waals surface area contributed by atoms with Crippen LogP contribution in [0.4, 0.5) is 0 Å². The fraction of sp³-hybridized carbons (Fsp3) is 0.292. The van der Waals surface area contributed by atoms with Crippen molar-refractivity contribution in [1.29, 1.82) is 0 Å². The number of aryl methyl sites for hydroxylation is 1. The smallest absolute Gasteiger partial charge is 0.255 e. The monoisotopic (exact) mass is 456 g/mol. The van der Waals surface area contributed by atoms with Crippen molar-refractivity contribution >= 4 is 17.2 Å². The Morgan fingerprint density at radius 2 is 1.69 bits per heavy atom. The number of nitrogens with one attached hydrogen (secondary N) is 1. The summed E-state index contributed by atoms with van der Waals surface area (Å²) in [6, 6.07) is 11.2. The van der Waals surface area contributed by atoms with Crippen LogP contribution in [0.15, 0.2) is 41.8 Å². The molecule has 1 heterocycles. The van der Waals surface area contributed by atoms with E-state index in [-0.39, 0.29) is 23.0 Å². The lowest BCUT2D eigenvalue weighted by molar-refractivity contribution is 0.0947. The molecule has 0 aliphatic rings. The molecule has 0 unspecified atom stereocenters. The zero-order valence-corrected chi connectivity index (χ0v) is 19.5. The fourth-order valence-corrected chi connectivity index (χ4v) is 4.13. The van der Waals surface area contributed by atoms with Crippen LogP contribution < -0.4 is 30.0 Å². The fourth-order valence-electron chi connectivity index (χ4n) is 3.28. The first-order valence-corrected chi connectivity index (χ1v) is 11.0. The number of nitrogens with two attached hydrogens (primary N) is 1. The van der Waals surface area contributed by atoms with Crippen LogP contribution in [0.3, 0.4) is 0 Å². The Morgan fingerprint density at radius 1 is 1.00 bits per heavy atom. The van der Waals surface area contributed by atoms with E-state index in [2.05, 4.69) is 5.32 Å². The normalized spacial score (nSPS) is 10.5. The van der Waals surface area contributed by atoms with E-state index in [9.17, 15) is 4.79 Å². The maximum atomic E-state index is 13.1. The van der Waals surface area contributed by atoms with Crippen molar-refractivity contribution in [2.24, 2.45) is 5.73 Å². The van der Waals surface area contributed by atoms with Crippen molar-refractivity contribution in [3.05, 3.63) is 63.3 Å². The summed E-state index contributed by atoms with van der Waals surface area (Å²) >= 11 is 1.60. The third-order valence-electron chi connectivity index (χ3n) is 4.98. The van der Waals surface area contributed by atoms with Crippen molar-refractivity contribution in [3.8, 4) is 28.7 Å². The molecule has 2 aromatic carbocycles. The second-order valence-electron chi connectivity index (χ2n) is 7.02. The second kappa shape index (κ2) is 10.9. The summed E-state index contributed by atoms with van der Waals surface area (Å²) in [5.41, 5.74) is 8.15. The summed E-state index contributed by atoms with van der Waals surface area (Å²) in [4.78, 5) is 14.2. The van der Waals surface area contributed by atoms with E-state index >= 15 is 0 Å². The molecular formula is C24H28N2O5S. The Morgan fingerprint density at radius 3 is 2.25 bits per heavy atom. The van der Waals surface area contributed by atoms with Gasteiger partial charge in [-0.3, -0.25) is 4.79 Å². The number of carbonyl (C=O) groups is 1. The highest BCUT2D eigenvalue weighted by Gasteiger charge is 2.26. The summed E-state index contributed by atoms with van der Waals surface area (Å²) in [6.07, 6.45) is 0.786. The van der Waals surface area contributed by atoms with E-state index in [0.29, 0.717) is 30.3 Å². The van der Waals surface area contributed by atoms with Crippen molar-refractivity contribution in [1.82, 2.24) is 5.32 Å². The van der Waals surface area contributed by atoms with Gasteiger partial charge in [0.2, 0.25) is 11.5 Å². The molecule has 0 fully saturated rings. The van der Waals surface area contributed by atoms with Gasteiger partial charge in [0, 0.05) is 10.9 Å². The predicted molar refractivity (Wildman–Crippen MR) is 126 cm³/mol. The second-order valence-corrected chi connectivity index (χ2v) is 8.02. The molecule has 0 saturated heterocycles. The lowest BCUT2D eigenvalue weighted by Crippen LogP contribution is -2.23. The minimum atomic E-state index is -0.307. The zero-order valence-electron chi connectivity index (χ0n) is 18.7. The number of thiophene rings is 1. The van der Waals surface area contributed by atoms with Crippen molar-refractivity contribution in [3.63, 3.8) is 0 Å². The summed E-state index contributed by atoms with van der Waals surface area (Å²) in [5.74, 6) is 1.52. The topological polar surface area (TPSA) is 92.0 Å². The first-order valence-electron chi connectivity index (χ1n) is 10.1. The minimum absolute atomic E-state index is 0.274. The van der Waals surface area contributed by atoms with Crippen LogP contribution in [0, 0.1) is 6.92 Å². The minimum Gasteiger partial charge on any atom is -0.492 e. The number of benzene rings is 2. The molecule has 3 rings (SSSR count). The Hall–Kier alpha value is -3.23. The summed E-state index contributed by atoms with van der Waals surface area (Å²) in [6.45, 7) is 3.01. The van der Waals surface area contributed by atoms with E-state index < -0.39 is 0 Å². The van der Waals surface area contributed by atoms with E-state index in [1.54, 1.807) is 17.4 Å². The zero-order chi connectivity index (χ0) is 23.1. The van der Waals surface area contributed by atoms with Gasteiger partial charge in [-0.1, -0.05) is 12.1 Å². The van der Waals surface area contributed by atoms with Crippen LogP contribution in [0.25, 0.3) is 0 Å². The molecule has 0 aliphatic heterocycles. The highest BCUT2D eigenvalue weighted by atomic mass is 32.1. The highest BCUT2D eigenvalue weighted by Crippen LogP contribution is 2.48. The molecule has 0 radical (unpaired) electrons. The van der Waals surface area contributed by atoms with Gasteiger partial charge in [0.15, 0.2) is 11.5 Å². The lowest BCUT2D eigenvalue weighted by Gasteiger charge is -2.19. The maximum Gasteiger partial charge on any atom is 0.255 e. The number of methoxy groups -OCH3 is 3. The molecule has 170 valence electrons. The van der Waals surface area contributed by atoms with Gasteiger partial charge in [-0.2, -0.15) is 0 Å². The molecule has 0 bridgehead atoms. The van der Waals surface area contributed by atoms with Gasteiger partial charge in [0.1, 0.15) is 5.75 Å². The largest absolute Gasteiger partial charge is 0.492 e. The Labute approximate surface area is 192 Å². The summed E-state index contributed by atoms with van der Waals surface area (Å²) in [5, 5.41) is 4.94. The number of ether oxygens (including phenoxy) is 4. The number of rotatable bonds is 10. The Bertz CT molecular complexity index is 1060. The Balaban J connectivity index is 1.95. The number of carbonyl (C=O) groups excluding carboxylic acids is 1. The first-order chi connectivity index (χ1) is 15.5. The Kier molecular flexibility index (Phi) is 7.97. The third kappa shape index (κ3) is 5.15. The molecular weight excluding hydrogens is 428 g/mol. The third-order valence-corrected chi connectivity index (χ3v) is 6.00. The molecule has 0 saturated carbocycles. The van der Waals surface area contributed by atoms with Crippen molar-refractivity contribution in [2.45, 2.75) is 19.9 Å². The van der Waals surface area contributed by atoms with Gasteiger partial charge in [-0.25, -0.2) is 0 Å². The van der Waals surface area contributed by atoms with E-state index in [0.717, 1.165) is 22.4 Å². The summed E-state index contributed by atoms with van der Waals surface area (Å²) in [7, 11) is 4.48. The molecule has 1 aromatic heterocycles. The lowest BCUT2D eigenvalue weighted by atomic mass is 10.1. The van der Waals surface area contributed by atoms with E-state index in [1.807, 2.05) is 42.6 Å². The van der Waals surface area contributed by atoms with Gasteiger partial charge in [0.25, 0.3) is 5.91 Å². The average molecular weight is 457 g/mol. The van der Waals surface area contributed by atoms with Crippen molar-refractivity contribution in [2.75, 3.05) is 27.9 Å². The molecule has 3 aromatic rings. The molecule has 32 heavy (non-hydrogen) atoms. The van der Waals surface area contributed by atoms with Crippen LogP contribution in [0.5, 0.6) is 28.7 Å².